The van der Waals surface area contributed by atoms with Gasteiger partial charge in [0.25, 0.3) is 0 Å². The number of aromatic nitrogens is 3. The lowest BCUT2D eigenvalue weighted by atomic mass is 10.0. The van der Waals surface area contributed by atoms with E-state index >= 15 is 0 Å². The van der Waals surface area contributed by atoms with Gasteiger partial charge in [-0.2, -0.15) is 18.3 Å². The van der Waals surface area contributed by atoms with E-state index in [-0.39, 0.29) is 11.9 Å². The van der Waals surface area contributed by atoms with Crippen LogP contribution in [0.4, 0.5) is 23.4 Å². The third-order valence-electron chi connectivity index (χ3n) is 5.19. The Bertz CT molecular complexity index is 970. The molecule has 1 saturated heterocycles. The summed E-state index contributed by atoms with van der Waals surface area (Å²) in [6.07, 6.45) is 1.75. The number of benzene rings is 1. The zero-order chi connectivity index (χ0) is 21.1. The van der Waals surface area contributed by atoms with Gasteiger partial charge in [-0.25, -0.2) is 14.1 Å². The highest BCUT2D eigenvalue weighted by atomic mass is 19.4. The standard InChI is InChI=1S/C21H21F4N5/c22-17-5-6-19(30-10-2-8-28-30)15(11-17)12-26-18-3-1-9-29(14-18)20-7-4-16(13-27-20)21(23,24)25/h2,4-8,10-11,13,18,26H,1,3,9,12,14H2/t18-/m1/s1. The number of hydrogen-bond acceptors (Lipinski definition) is 4. The summed E-state index contributed by atoms with van der Waals surface area (Å²) in [5.41, 5.74) is 0.824. The van der Waals surface area contributed by atoms with Gasteiger partial charge in [-0.3, -0.25) is 0 Å². The molecule has 4 rings (SSSR count). The number of nitrogens with zero attached hydrogens (tertiary/aromatic N) is 4. The minimum atomic E-state index is -4.39. The van der Waals surface area contributed by atoms with Gasteiger partial charge in [-0.05, 0) is 54.8 Å². The lowest BCUT2D eigenvalue weighted by Gasteiger charge is -2.34. The second kappa shape index (κ2) is 8.43. The Morgan fingerprint density at radius 3 is 2.73 bits per heavy atom. The molecule has 30 heavy (non-hydrogen) atoms. The van der Waals surface area contributed by atoms with E-state index in [1.165, 1.54) is 18.2 Å². The van der Waals surface area contributed by atoms with E-state index < -0.39 is 11.7 Å². The maximum absolute atomic E-state index is 13.8. The normalized spacial score (nSPS) is 17.3. The quantitative estimate of drug-likeness (QED) is 0.631. The van der Waals surface area contributed by atoms with Crippen molar-refractivity contribution in [2.24, 2.45) is 0 Å². The summed E-state index contributed by atoms with van der Waals surface area (Å²) in [5, 5.41) is 7.66. The molecule has 0 radical (unpaired) electrons. The molecule has 1 aliphatic heterocycles. The van der Waals surface area contributed by atoms with E-state index in [1.807, 2.05) is 4.90 Å². The van der Waals surface area contributed by atoms with Crippen molar-refractivity contribution in [2.45, 2.75) is 31.6 Å². The molecular formula is C21H21F4N5. The molecule has 1 fully saturated rings. The Balaban J connectivity index is 1.42. The van der Waals surface area contributed by atoms with E-state index in [0.717, 1.165) is 42.9 Å². The summed E-state index contributed by atoms with van der Waals surface area (Å²) in [7, 11) is 0. The van der Waals surface area contributed by atoms with E-state index in [9.17, 15) is 17.6 Å². The third kappa shape index (κ3) is 4.62. The first-order valence-corrected chi connectivity index (χ1v) is 9.70. The number of rotatable bonds is 5. The first kappa shape index (κ1) is 20.3. The fourth-order valence-electron chi connectivity index (χ4n) is 3.68. The second-order valence-electron chi connectivity index (χ2n) is 7.29. The first-order valence-electron chi connectivity index (χ1n) is 9.70. The van der Waals surface area contributed by atoms with Crippen molar-refractivity contribution in [3.05, 3.63) is 71.9 Å². The monoisotopic (exact) mass is 419 g/mol. The molecular weight excluding hydrogens is 398 g/mol. The molecule has 1 aliphatic rings. The van der Waals surface area contributed by atoms with Gasteiger partial charge in [0.1, 0.15) is 11.6 Å². The maximum Gasteiger partial charge on any atom is 0.417 e. The smallest absolute Gasteiger partial charge is 0.355 e. The molecule has 0 bridgehead atoms. The van der Waals surface area contributed by atoms with Crippen LogP contribution in [0.5, 0.6) is 0 Å². The fraction of sp³-hybridized carbons (Fsp3) is 0.333. The van der Waals surface area contributed by atoms with Gasteiger partial charge in [0, 0.05) is 44.3 Å². The van der Waals surface area contributed by atoms with E-state index in [1.54, 1.807) is 29.2 Å². The molecule has 3 aromatic rings. The van der Waals surface area contributed by atoms with Crippen molar-refractivity contribution < 1.29 is 17.6 Å². The van der Waals surface area contributed by atoms with Crippen LogP contribution in [0, 0.1) is 5.82 Å². The predicted molar refractivity (Wildman–Crippen MR) is 105 cm³/mol. The van der Waals surface area contributed by atoms with Gasteiger partial charge in [0.15, 0.2) is 0 Å². The number of nitrogens with one attached hydrogen (secondary N) is 1. The van der Waals surface area contributed by atoms with Crippen LogP contribution in [0.15, 0.2) is 55.0 Å². The lowest BCUT2D eigenvalue weighted by molar-refractivity contribution is -0.137. The van der Waals surface area contributed by atoms with Crippen molar-refractivity contribution >= 4 is 5.82 Å². The highest BCUT2D eigenvalue weighted by Crippen LogP contribution is 2.30. The molecule has 2 aromatic heterocycles. The van der Waals surface area contributed by atoms with Crippen LogP contribution in [0.25, 0.3) is 5.69 Å². The summed E-state index contributed by atoms with van der Waals surface area (Å²) in [5.74, 6) is 0.208. The van der Waals surface area contributed by atoms with Crippen LogP contribution in [0.2, 0.25) is 0 Å². The van der Waals surface area contributed by atoms with E-state index in [4.69, 9.17) is 0 Å². The Kier molecular flexibility index (Phi) is 5.72. The van der Waals surface area contributed by atoms with Crippen LogP contribution in [0.1, 0.15) is 24.0 Å². The molecule has 1 atom stereocenters. The third-order valence-corrected chi connectivity index (χ3v) is 5.19. The highest BCUT2D eigenvalue weighted by molar-refractivity contribution is 5.42. The Morgan fingerprint density at radius 2 is 2.03 bits per heavy atom. The molecule has 0 saturated carbocycles. The maximum atomic E-state index is 13.8. The fourth-order valence-corrected chi connectivity index (χ4v) is 3.68. The van der Waals surface area contributed by atoms with E-state index in [2.05, 4.69) is 15.4 Å². The molecule has 0 spiro atoms. The average molecular weight is 419 g/mol. The van der Waals surface area contributed by atoms with Crippen molar-refractivity contribution in [1.82, 2.24) is 20.1 Å². The summed E-state index contributed by atoms with van der Waals surface area (Å²) >= 11 is 0. The Labute approximate surface area is 171 Å². The number of halogens is 4. The molecule has 9 heteroatoms. The van der Waals surface area contributed by atoms with Gasteiger partial charge < -0.3 is 10.2 Å². The molecule has 5 nitrogen and oxygen atoms in total. The summed E-state index contributed by atoms with van der Waals surface area (Å²) in [4.78, 5) is 5.97. The molecule has 0 unspecified atom stereocenters. The molecule has 1 aromatic carbocycles. The van der Waals surface area contributed by atoms with Crippen molar-refractivity contribution in [3.8, 4) is 5.69 Å². The Morgan fingerprint density at radius 1 is 1.17 bits per heavy atom. The second-order valence-corrected chi connectivity index (χ2v) is 7.29. The molecule has 0 amide bonds. The number of pyridine rings is 1. The largest absolute Gasteiger partial charge is 0.417 e. The van der Waals surface area contributed by atoms with Crippen molar-refractivity contribution in [3.63, 3.8) is 0 Å². The lowest BCUT2D eigenvalue weighted by Crippen LogP contribution is -2.45. The minimum Gasteiger partial charge on any atom is -0.355 e. The van der Waals surface area contributed by atoms with Crippen molar-refractivity contribution in [1.29, 1.82) is 0 Å². The van der Waals surface area contributed by atoms with Gasteiger partial charge in [0.05, 0.1) is 11.3 Å². The van der Waals surface area contributed by atoms with Gasteiger partial charge in [-0.15, -0.1) is 0 Å². The first-order chi connectivity index (χ1) is 14.4. The SMILES string of the molecule is Fc1ccc(-n2cccn2)c(CN[C@@H]2CCCN(c3ccc(C(F)(F)F)cn3)C2)c1. The molecule has 158 valence electrons. The zero-order valence-electron chi connectivity index (χ0n) is 16.1. The molecule has 3 heterocycles. The number of piperidine rings is 1. The van der Waals surface area contributed by atoms with Gasteiger partial charge in [-0.1, -0.05) is 0 Å². The van der Waals surface area contributed by atoms with Crippen LogP contribution in [-0.4, -0.2) is 33.9 Å². The zero-order valence-corrected chi connectivity index (χ0v) is 16.1. The molecule has 0 aliphatic carbocycles. The minimum absolute atomic E-state index is 0.108. The summed E-state index contributed by atoms with van der Waals surface area (Å²) in [6, 6.07) is 8.96. The van der Waals surface area contributed by atoms with Gasteiger partial charge >= 0.3 is 6.18 Å². The average Bonchev–Trinajstić information content (AvgIpc) is 3.27. The van der Waals surface area contributed by atoms with Gasteiger partial charge in [0.2, 0.25) is 0 Å². The van der Waals surface area contributed by atoms with Crippen LogP contribution in [-0.2, 0) is 12.7 Å². The predicted octanol–water partition coefficient (Wildman–Crippen LogP) is 4.18. The highest BCUT2D eigenvalue weighted by Gasteiger charge is 2.31. The molecule has 1 N–H and O–H groups in total. The number of hydrogen-bond donors (Lipinski definition) is 1. The summed E-state index contributed by atoms with van der Waals surface area (Å²) in [6.45, 7) is 1.80. The number of anilines is 1. The van der Waals surface area contributed by atoms with Crippen LogP contribution < -0.4 is 10.2 Å². The van der Waals surface area contributed by atoms with E-state index in [0.29, 0.717) is 18.9 Å². The topological polar surface area (TPSA) is 46.0 Å². The van der Waals surface area contributed by atoms with Crippen molar-refractivity contribution in [2.75, 3.05) is 18.0 Å². The summed E-state index contributed by atoms with van der Waals surface area (Å²) < 4.78 is 53.7. The number of alkyl halides is 3. The van der Waals surface area contributed by atoms with Crippen LogP contribution >= 0.6 is 0 Å². The van der Waals surface area contributed by atoms with Crippen LogP contribution in [0.3, 0.4) is 0 Å². The Hall–Kier alpha value is -2.94.